The summed E-state index contributed by atoms with van der Waals surface area (Å²) in [5.41, 5.74) is 0.319. The molecular formula is C13H19N3O5S. The summed E-state index contributed by atoms with van der Waals surface area (Å²) in [6.45, 7) is 0.832. The SMILES string of the molecule is COc1ccc(C(=O)N2CCC(CS(N)(=O)=O)C2)c(OC)n1. The van der Waals surface area contributed by atoms with Crippen LogP contribution in [0.5, 0.6) is 11.8 Å². The van der Waals surface area contributed by atoms with Crippen LogP contribution < -0.4 is 14.6 Å². The Balaban J connectivity index is 2.13. The van der Waals surface area contributed by atoms with Gasteiger partial charge in [-0.3, -0.25) is 4.79 Å². The molecule has 1 atom stereocenters. The standard InChI is InChI=1S/C13H19N3O5S/c1-20-11-4-3-10(12(15-11)21-2)13(17)16-6-5-9(7-16)8-22(14,18)19/h3-4,9H,5-8H2,1-2H3,(H2,14,18,19). The molecule has 1 aromatic heterocycles. The number of sulfonamides is 1. The molecule has 0 spiro atoms. The third-order valence-electron chi connectivity index (χ3n) is 3.51. The second-order valence-electron chi connectivity index (χ2n) is 5.15. The Morgan fingerprint density at radius 1 is 1.41 bits per heavy atom. The van der Waals surface area contributed by atoms with Crippen LogP contribution in [-0.4, -0.2) is 57.3 Å². The number of ether oxygens (including phenoxy) is 2. The van der Waals surface area contributed by atoms with E-state index in [1.54, 1.807) is 17.0 Å². The average Bonchev–Trinajstić information content (AvgIpc) is 2.92. The minimum absolute atomic E-state index is 0.116. The Kier molecular flexibility index (Phi) is 4.87. The van der Waals surface area contributed by atoms with Crippen molar-refractivity contribution in [1.82, 2.24) is 9.88 Å². The molecule has 0 saturated carbocycles. The van der Waals surface area contributed by atoms with Crippen LogP contribution in [0.1, 0.15) is 16.8 Å². The first kappa shape index (κ1) is 16.5. The van der Waals surface area contributed by atoms with Gasteiger partial charge in [0.1, 0.15) is 5.56 Å². The summed E-state index contributed by atoms with van der Waals surface area (Å²) in [7, 11) is -0.638. The molecule has 1 aliphatic heterocycles. The molecule has 2 N–H and O–H groups in total. The van der Waals surface area contributed by atoms with E-state index in [4.69, 9.17) is 14.6 Å². The Morgan fingerprint density at radius 3 is 2.73 bits per heavy atom. The van der Waals surface area contributed by atoms with Crippen LogP contribution in [0.3, 0.4) is 0 Å². The van der Waals surface area contributed by atoms with Gasteiger partial charge in [-0.2, -0.15) is 4.98 Å². The van der Waals surface area contributed by atoms with Crippen molar-refractivity contribution in [1.29, 1.82) is 0 Å². The zero-order chi connectivity index (χ0) is 16.3. The molecule has 8 nitrogen and oxygen atoms in total. The summed E-state index contributed by atoms with van der Waals surface area (Å²) in [6, 6.07) is 3.16. The molecule has 2 heterocycles. The van der Waals surface area contributed by atoms with Gasteiger partial charge in [0, 0.05) is 19.2 Å². The van der Waals surface area contributed by atoms with Crippen LogP contribution in [-0.2, 0) is 10.0 Å². The van der Waals surface area contributed by atoms with Crippen molar-refractivity contribution < 1.29 is 22.7 Å². The van der Waals surface area contributed by atoms with Crippen molar-refractivity contribution >= 4 is 15.9 Å². The van der Waals surface area contributed by atoms with Gasteiger partial charge in [-0.1, -0.05) is 0 Å². The van der Waals surface area contributed by atoms with Crippen LogP contribution >= 0.6 is 0 Å². The highest BCUT2D eigenvalue weighted by Crippen LogP contribution is 2.25. The number of amides is 1. The summed E-state index contributed by atoms with van der Waals surface area (Å²) >= 11 is 0. The van der Waals surface area contributed by atoms with Crippen LogP contribution in [0.25, 0.3) is 0 Å². The minimum Gasteiger partial charge on any atom is -0.481 e. The number of hydrogen-bond donors (Lipinski definition) is 1. The van der Waals surface area contributed by atoms with E-state index in [9.17, 15) is 13.2 Å². The van der Waals surface area contributed by atoms with Gasteiger partial charge < -0.3 is 14.4 Å². The maximum absolute atomic E-state index is 12.5. The molecular weight excluding hydrogens is 310 g/mol. The van der Waals surface area contributed by atoms with Crippen LogP contribution in [0, 0.1) is 5.92 Å². The molecule has 0 aliphatic carbocycles. The molecule has 0 radical (unpaired) electrons. The van der Waals surface area contributed by atoms with Gasteiger partial charge in [-0.15, -0.1) is 0 Å². The fourth-order valence-electron chi connectivity index (χ4n) is 2.51. The number of nitrogens with zero attached hydrogens (tertiary/aromatic N) is 2. The molecule has 1 unspecified atom stereocenters. The van der Waals surface area contributed by atoms with Gasteiger partial charge in [-0.05, 0) is 18.4 Å². The minimum atomic E-state index is -3.53. The number of nitrogens with two attached hydrogens (primary N) is 1. The van der Waals surface area contributed by atoms with Gasteiger partial charge in [0.2, 0.25) is 21.8 Å². The van der Waals surface area contributed by atoms with Gasteiger partial charge >= 0.3 is 0 Å². The first-order valence-electron chi connectivity index (χ1n) is 6.73. The van der Waals surface area contributed by atoms with Crippen molar-refractivity contribution in [3.8, 4) is 11.8 Å². The lowest BCUT2D eigenvalue weighted by molar-refractivity contribution is 0.0784. The third kappa shape index (κ3) is 3.86. The number of pyridine rings is 1. The second-order valence-corrected chi connectivity index (χ2v) is 6.80. The van der Waals surface area contributed by atoms with Crippen LogP contribution in [0.4, 0.5) is 0 Å². The Bertz CT molecular complexity index is 662. The normalized spacial score (nSPS) is 18.3. The van der Waals surface area contributed by atoms with E-state index < -0.39 is 10.0 Å². The topological polar surface area (TPSA) is 112 Å². The number of carbonyl (C=O) groups is 1. The Labute approximate surface area is 129 Å². The lowest BCUT2D eigenvalue weighted by atomic mass is 10.2. The summed E-state index contributed by atoms with van der Waals surface area (Å²) in [5, 5.41) is 5.05. The number of carbonyl (C=O) groups excluding carboxylic acids is 1. The molecule has 1 aliphatic rings. The first-order valence-corrected chi connectivity index (χ1v) is 8.44. The highest BCUT2D eigenvalue weighted by Gasteiger charge is 2.30. The predicted octanol–water partition coefficient (Wildman–Crippen LogP) is -0.151. The smallest absolute Gasteiger partial charge is 0.259 e. The van der Waals surface area contributed by atoms with Crippen molar-refractivity contribution in [3.05, 3.63) is 17.7 Å². The lowest BCUT2D eigenvalue weighted by Gasteiger charge is -2.17. The Morgan fingerprint density at radius 2 is 2.14 bits per heavy atom. The fourth-order valence-corrected chi connectivity index (χ4v) is 3.44. The van der Waals surface area contributed by atoms with Crippen molar-refractivity contribution in [3.63, 3.8) is 0 Å². The monoisotopic (exact) mass is 329 g/mol. The number of methoxy groups -OCH3 is 2. The molecule has 9 heteroatoms. The predicted molar refractivity (Wildman–Crippen MR) is 79.3 cm³/mol. The zero-order valence-corrected chi connectivity index (χ0v) is 13.3. The number of aromatic nitrogens is 1. The molecule has 1 fully saturated rings. The molecule has 1 aromatic rings. The molecule has 0 bridgehead atoms. The molecule has 2 rings (SSSR count). The van der Waals surface area contributed by atoms with Gasteiger partial charge in [-0.25, -0.2) is 13.6 Å². The van der Waals surface area contributed by atoms with E-state index in [0.29, 0.717) is 31.0 Å². The molecule has 122 valence electrons. The van der Waals surface area contributed by atoms with E-state index in [1.807, 2.05) is 0 Å². The van der Waals surface area contributed by atoms with Gasteiger partial charge in [0.05, 0.1) is 20.0 Å². The third-order valence-corrected chi connectivity index (χ3v) is 4.44. The highest BCUT2D eigenvalue weighted by atomic mass is 32.2. The van der Waals surface area contributed by atoms with Crippen molar-refractivity contribution in [2.45, 2.75) is 6.42 Å². The summed E-state index contributed by atoms with van der Waals surface area (Å²) in [5.74, 6) is 0.0237. The maximum atomic E-state index is 12.5. The number of hydrogen-bond acceptors (Lipinski definition) is 6. The number of rotatable bonds is 5. The summed E-state index contributed by atoms with van der Waals surface area (Å²) < 4.78 is 32.4. The molecule has 1 amide bonds. The summed E-state index contributed by atoms with van der Waals surface area (Å²) in [4.78, 5) is 18.2. The maximum Gasteiger partial charge on any atom is 0.259 e. The number of likely N-dealkylation sites (tertiary alicyclic amines) is 1. The zero-order valence-electron chi connectivity index (χ0n) is 12.5. The van der Waals surface area contributed by atoms with Crippen LogP contribution in [0.15, 0.2) is 12.1 Å². The average molecular weight is 329 g/mol. The van der Waals surface area contributed by atoms with E-state index in [2.05, 4.69) is 4.98 Å². The Hall–Kier alpha value is -1.87. The van der Waals surface area contributed by atoms with E-state index >= 15 is 0 Å². The van der Waals surface area contributed by atoms with E-state index in [0.717, 1.165) is 0 Å². The van der Waals surface area contributed by atoms with E-state index in [-0.39, 0.29) is 23.5 Å². The van der Waals surface area contributed by atoms with E-state index in [1.165, 1.54) is 14.2 Å². The largest absolute Gasteiger partial charge is 0.481 e. The highest BCUT2D eigenvalue weighted by molar-refractivity contribution is 7.89. The number of primary sulfonamides is 1. The van der Waals surface area contributed by atoms with Crippen molar-refractivity contribution in [2.24, 2.45) is 11.1 Å². The first-order chi connectivity index (χ1) is 10.3. The molecule has 0 aromatic carbocycles. The van der Waals surface area contributed by atoms with Crippen molar-refractivity contribution in [2.75, 3.05) is 33.1 Å². The second kappa shape index (κ2) is 6.49. The molecule has 22 heavy (non-hydrogen) atoms. The lowest BCUT2D eigenvalue weighted by Crippen LogP contribution is -2.31. The molecule has 1 saturated heterocycles. The quantitative estimate of drug-likeness (QED) is 0.804. The van der Waals surface area contributed by atoms with Gasteiger partial charge in [0.25, 0.3) is 5.91 Å². The van der Waals surface area contributed by atoms with Crippen LogP contribution in [0.2, 0.25) is 0 Å². The summed E-state index contributed by atoms with van der Waals surface area (Å²) in [6.07, 6.45) is 0.605. The fraction of sp³-hybridized carbons (Fsp3) is 0.538. The van der Waals surface area contributed by atoms with Gasteiger partial charge in [0.15, 0.2) is 0 Å².